The lowest BCUT2D eigenvalue weighted by Gasteiger charge is -2.15. The van der Waals surface area contributed by atoms with Crippen LogP contribution in [0.4, 0.5) is 16.2 Å². The van der Waals surface area contributed by atoms with Crippen LogP contribution in [-0.4, -0.2) is 12.6 Å². The number of benzene rings is 2. The Morgan fingerprint density at radius 2 is 1.58 bits per heavy atom. The summed E-state index contributed by atoms with van der Waals surface area (Å²) in [6.07, 6.45) is 17.6. The Bertz CT molecular complexity index is 1070. The fourth-order valence-corrected chi connectivity index (χ4v) is 5.29. The molecular weight excluding hydrogens is 514 g/mol. The molecule has 0 atom stereocenters. The van der Waals surface area contributed by atoms with Gasteiger partial charge < -0.3 is 15.4 Å². The van der Waals surface area contributed by atoms with Crippen molar-refractivity contribution in [1.29, 1.82) is 0 Å². The smallest absolute Gasteiger partial charge is 0.323 e. The maximum Gasteiger partial charge on any atom is 0.323 e. The van der Waals surface area contributed by atoms with E-state index in [2.05, 4.69) is 27.6 Å². The average Bonchev–Trinajstić information content (AvgIpc) is 3.41. The van der Waals surface area contributed by atoms with E-state index >= 15 is 0 Å². The maximum atomic E-state index is 12.7. The molecule has 5 nitrogen and oxygen atoms in total. The number of ether oxygens (including phenoxy) is 1. The second-order valence-corrected chi connectivity index (χ2v) is 11.0. The number of carbonyl (C=O) groups is 1. The van der Waals surface area contributed by atoms with Crippen LogP contribution in [0.5, 0.6) is 5.75 Å². The van der Waals surface area contributed by atoms with Gasteiger partial charge in [-0.3, -0.25) is 0 Å². The zero-order valence-corrected chi connectivity index (χ0v) is 24.3. The third-order valence-electron chi connectivity index (χ3n) is 6.54. The highest BCUT2D eigenvalue weighted by Crippen LogP contribution is 2.33. The first-order chi connectivity index (χ1) is 18.7. The molecule has 2 aromatic carbocycles. The standard InChI is InChI=1S/C31H42ClN3O2S/c1-2-3-4-5-6-7-8-9-10-11-12-13-21-37-30-28(32)18-15-19-29(30)34-31(36)33-27-17-14-16-26(23-27)24-35-20-22-38-25-35/h14-20,22-23,25H,2-13,21,24H2,1H3,(H-,33,34,36)/p+1. The van der Waals surface area contributed by atoms with Crippen molar-refractivity contribution in [2.45, 2.75) is 90.5 Å². The van der Waals surface area contributed by atoms with Crippen LogP contribution >= 0.6 is 22.9 Å². The van der Waals surface area contributed by atoms with Crippen LogP contribution in [0.15, 0.2) is 59.6 Å². The van der Waals surface area contributed by atoms with Gasteiger partial charge in [-0.2, -0.15) is 4.57 Å². The summed E-state index contributed by atoms with van der Waals surface area (Å²) in [5.41, 5.74) is 4.47. The van der Waals surface area contributed by atoms with Crippen LogP contribution < -0.4 is 19.9 Å². The first-order valence-electron chi connectivity index (χ1n) is 14.1. The highest BCUT2D eigenvalue weighted by molar-refractivity contribution is 7.07. The fraction of sp³-hybridized carbons (Fsp3) is 0.484. The minimum atomic E-state index is -0.331. The number of hydrogen-bond acceptors (Lipinski definition) is 3. The largest absolute Gasteiger partial charge is 0.490 e. The van der Waals surface area contributed by atoms with Crippen molar-refractivity contribution < 1.29 is 14.1 Å². The third kappa shape index (κ3) is 11.4. The minimum absolute atomic E-state index is 0.331. The minimum Gasteiger partial charge on any atom is -0.490 e. The second-order valence-electron chi connectivity index (χ2n) is 9.83. The molecule has 3 rings (SSSR count). The predicted octanol–water partition coefficient (Wildman–Crippen LogP) is 9.46. The molecule has 3 aromatic rings. The van der Waals surface area contributed by atoms with Crippen molar-refractivity contribution in [2.75, 3.05) is 17.2 Å². The molecule has 38 heavy (non-hydrogen) atoms. The molecular formula is C31H43ClN3O2S+. The molecule has 0 saturated heterocycles. The normalized spacial score (nSPS) is 10.9. The number of hydrogen-bond donors (Lipinski definition) is 2. The number of rotatable bonds is 18. The molecule has 0 aliphatic carbocycles. The van der Waals surface area contributed by atoms with Crippen LogP contribution in [0.25, 0.3) is 0 Å². The molecule has 0 saturated carbocycles. The lowest BCUT2D eigenvalue weighted by molar-refractivity contribution is -0.683. The Balaban J connectivity index is 1.36. The molecule has 2 amide bonds. The molecule has 0 unspecified atom stereocenters. The Morgan fingerprint density at radius 1 is 0.895 bits per heavy atom. The fourth-order valence-electron chi connectivity index (χ4n) is 4.47. The van der Waals surface area contributed by atoms with Gasteiger partial charge in [0.1, 0.15) is 0 Å². The summed E-state index contributed by atoms with van der Waals surface area (Å²) in [6.45, 7) is 3.61. The van der Waals surface area contributed by atoms with Gasteiger partial charge in [0, 0.05) is 11.3 Å². The monoisotopic (exact) mass is 556 g/mol. The number of aromatic nitrogens is 1. The van der Waals surface area contributed by atoms with Gasteiger partial charge in [0.05, 0.1) is 22.7 Å². The number of unbranched alkanes of at least 4 members (excludes halogenated alkanes) is 11. The number of nitrogens with one attached hydrogen (secondary N) is 2. The number of urea groups is 1. The van der Waals surface area contributed by atoms with Crippen LogP contribution in [0.3, 0.4) is 0 Å². The molecule has 0 bridgehead atoms. The van der Waals surface area contributed by atoms with Crippen molar-refractivity contribution in [2.24, 2.45) is 0 Å². The number of thiazole rings is 1. The summed E-state index contributed by atoms with van der Waals surface area (Å²) < 4.78 is 8.12. The van der Waals surface area contributed by atoms with Crippen molar-refractivity contribution in [1.82, 2.24) is 0 Å². The average molecular weight is 557 g/mol. The van der Waals surface area contributed by atoms with E-state index in [9.17, 15) is 4.79 Å². The molecule has 1 aromatic heterocycles. The van der Waals surface area contributed by atoms with E-state index in [1.54, 1.807) is 17.4 Å². The van der Waals surface area contributed by atoms with Crippen molar-refractivity contribution >= 4 is 40.3 Å². The van der Waals surface area contributed by atoms with Gasteiger partial charge in [-0.25, -0.2) is 4.79 Å². The lowest BCUT2D eigenvalue weighted by atomic mass is 10.1. The Kier molecular flexibility index (Phi) is 14.1. The van der Waals surface area contributed by atoms with Crippen LogP contribution in [0, 0.1) is 0 Å². The lowest BCUT2D eigenvalue weighted by Crippen LogP contribution is -2.30. The van der Waals surface area contributed by atoms with Gasteiger partial charge >= 0.3 is 6.03 Å². The number of anilines is 2. The van der Waals surface area contributed by atoms with Crippen molar-refractivity contribution in [3.63, 3.8) is 0 Å². The summed E-state index contributed by atoms with van der Waals surface area (Å²) in [5.74, 6) is 0.523. The molecule has 0 aliphatic rings. The van der Waals surface area contributed by atoms with E-state index in [1.165, 1.54) is 64.2 Å². The maximum absolute atomic E-state index is 12.7. The molecule has 206 valence electrons. The number of halogens is 1. The van der Waals surface area contributed by atoms with Crippen molar-refractivity contribution in [3.05, 3.63) is 70.1 Å². The first kappa shape index (κ1) is 30.0. The van der Waals surface area contributed by atoms with Crippen LogP contribution in [0.1, 0.15) is 89.5 Å². The van der Waals surface area contributed by atoms with Gasteiger partial charge in [-0.15, -0.1) is 0 Å². The summed E-state index contributed by atoms with van der Waals surface area (Å²) in [5, 5.41) is 8.35. The van der Waals surface area contributed by atoms with Gasteiger partial charge in [-0.1, -0.05) is 119 Å². The highest BCUT2D eigenvalue weighted by atomic mass is 35.5. The third-order valence-corrected chi connectivity index (χ3v) is 7.51. The van der Waals surface area contributed by atoms with Crippen molar-refractivity contribution in [3.8, 4) is 5.75 Å². The Hall–Kier alpha value is -2.57. The second kappa shape index (κ2) is 17.8. The summed E-state index contributed by atoms with van der Waals surface area (Å²) >= 11 is 8.07. The number of para-hydroxylation sites is 1. The van der Waals surface area contributed by atoms with E-state index in [0.29, 0.717) is 23.1 Å². The molecule has 0 radical (unpaired) electrons. The summed E-state index contributed by atoms with van der Waals surface area (Å²) in [7, 11) is 0. The molecule has 1 heterocycles. The van der Waals surface area contributed by atoms with Gasteiger partial charge in [-0.05, 0) is 30.7 Å². The number of carbonyl (C=O) groups excluding carboxylic acids is 1. The predicted molar refractivity (Wildman–Crippen MR) is 161 cm³/mol. The molecule has 7 heteroatoms. The van der Waals surface area contributed by atoms with Gasteiger partial charge in [0.25, 0.3) is 0 Å². The van der Waals surface area contributed by atoms with Crippen LogP contribution in [-0.2, 0) is 6.54 Å². The highest BCUT2D eigenvalue weighted by Gasteiger charge is 2.12. The molecule has 0 aliphatic heterocycles. The number of nitrogens with zero attached hydrogens (tertiary/aromatic N) is 1. The van der Waals surface area contributed by atoms with E-state index in [1.807, 2.05) is 48.0 Å². The van der Waals surface area contributed by atoms with Gasteiger partial charge in [0.15, 0.2) is 18.5 Å². The quantitative estimate of drug-likeness (QED) is 0.121. The molecule has 0 spiro atoms. The zero-order chi connectivity index (χ0) is 26.8. The van der Waals surface area contributed by atoms with E-state index in [-0.39, 0.29) is 6.03 Å². The van der Waals surface area contributed by atoms with E-state index in [4.69, 9.17) is 16.3 Å². The zero-order valence-electron chi connectivity index (χ0n) is 22.7. The van der Waals surface area contributed by atoms with Gasteiger partial charge in [0.2, 0.25) is 5.51 Å². The Labute approximate surface area is 237 Å². The summed E-state index contributed by atoms with van der Waals surface area (Å²) in [6, 6.07) is 12.9. The van der Waals surface area contributed by atoms with E-state index < -0.39 is 0 Å². The van der Waals surface area contributed by atoms with E-state index in [0.717, 1.165) is 30.6 Å². The molecule has 0 fully saturated rings. The SMILES string of the molecule is CCCCCCCCCCCCCCOc1c(Cl)cccc1NC(=O)Nc1cccc(C[n+]2ccsc2)c1. The Morgan fingerprint density at radius 3 is 2.26 bits per heavy atom. The topological polar surface area (TPSA) is 54.2 Å². The van der Waals surface area contributed by atoms with Crippen LogP contribution in [0.2, 0.25) is 5.02 Å². The number of amides is 2. The molecule has 2 N–H and O–H groups in total. The first-order valence-corrected chi connectivity index (χ1v) is 15.5. The summed E-state index contributed by atoms with van der Waals surface area (Å²) in [4.78, 5) is 12.7.